The second kappa shape index (κ2) is 11.0. The first-order chi connectivity index (χ1) is 16.8. The average molecular weight is 504 g/mol. The minimum absolute atomic E-state index is 0.196. The SMILES string of the molecule is Cc1c(F)c(F)c(Cl)c(C(=O)NC2CCC(CNc3ccc(Oc4ccccc4)nc3)CC2)c1F. The van der Waals surface area contributed by atoms with Crippen molar-refractivity contribution >= 4 is 23.2 Å². The van der Waals surface area contributed by atoms with Gasteiger partial charge in [-0.05, 0) is 56.7 Å². The van der Waals surface area contributed by atoms with Crippen molar-refractivity contribution in [1.82, 2.24) is 10.3 Å². The van der Waals surface area contributed by atoms with Gasteiger partial charge in [0.15, 0.2) is 11.6 Å². The van der Waals surface area contributed by atoms with E-state index < -0.39 is 39.5 Å². The third-order valence-corrected chi connectivity index (χ3v) is 6.54. The predicted molar refractivity (Wildman–Crippen MR) is 129 cm³/mol. The minimum Gasteiger partial charge on any atom is -0.439 e. The number of amides is 1. The highest BCUT2D eigenvalue weighted by Crippen LogP contribution is 2.30. The molecule has 1 fully saturated rings. The summed E-state index contributed by atoms with van der Waals surface area (Å²) in [7, 11) is 0. The van der Waals surface area contributed by atoms with Crippen molar-refractivity contribution in [2.75, 3.05) is 11.9 Å². The number of rotatable bonds is 7. The molecular weight excluding hydrogens is 479 g/mol. The number of para-hydroxylation sites is 1. The monoisotopic (exact) mass is 503 g/mol. The number of hydrogen-bond acceptors (Lipinski definition) is 4. The smallest absolute Gasteiger partial charge is 0.256 e. The maximum atomic E-state index is 14.4. The second-order valence-electron chi connectivity index (χ2n) is 8.63. The molecule has 1 saturated carbocycles. The van der Waals surface area contributed by atoms with Crippen LogP contribution in [0.2, 0.25) is 5.02 Å². The summed E-state index contributed by atoms with van der Waals surface area (Å²) < 4.78 is 47.6. The number of anilines is 1. The summed E-state index contributed by atoms with van der Waals surface area (Å²) in [6, 6.07) is 12.9. The van der Waals surface area contributed by atoms with Crippen LogP contribution in [0.5, 0.6) is 11.6 Å². The van der Waals surface area contributed by atoms with Crippen LogP contribution in [0.1, 0.15) is 41.6 Å². The molecule has 0 unspecified atom stereocenters. The lowest BCUT2D eigenvalue weighted by molar-refractivity contribution is 0.0918. The molecule has 4 rings (SSSR count). The Balaban J connectivity index is 1.25. The molecule has 0 spiro atoms. The van der Waals surface area contributed by atoms with E-state index >= 15 is 0 Å². The molecule has 5 nitrogen and oxygen atoms in total. The molecule has 0 saturated heterocycles. The van der Waals surface area contributed by atoms with Gasteiger partial charge in [0.2, 0.25) is 5.88 Å². The molecule has 0 atom stereocenters. The highest BCUT2D eigenvalue weighted by atomic mass is 35.5. The van der Waals surface area contributed by atoms with Crippen LogP contribution in [0, 0.1) is 30.3 Å². The molecule has 184 valence electrons. The summed E-state index contributed by atoms with van der Waals surface area (Å²) >= 11 is 5.72. The van der Waals surface area contributed by atoms with Crippen LogP contribution >= 0.6 is 11.6 Å². The zero-order chi connectivity index (χ0) is 24.9. The summed E-state index contributed by atoms with van der Waals surface area (Å²) in [6.45, 7) is 1.81. The third kappa shape index (κ3) is 5.88. The normalized spacial score (nSPS) is 17.6. The summed E-state index contributed by atoms with van der Waals surface area (Å²) in [6.07, 6.45) is 4.76. The molecule has 1 heterocycles. The van der Waals surface area contributed by atoms with Crippen LogP contribution in [0.25, 0.3) is 0 Å². The Kier molecular flexibility index (Phi) is 7.80. The lowest BCUT2D eigenvalue weighted by Gasteiger charge is -2.29. The molecular formula is C26H25ClF3N3O2. The van der Waals surface area contributed by atoms with Crippen molar-refractivity contribution in [3.63, 3.8) is 0 Å². The van der Waals surface area contributed by atoms with Crippen LogP contribution in [0.15, 0.2) is 48.7 Å². The number of ether oxygens (including phenoxy) is 1. The van der Waals surface area contributed by atoms with Gasteiger partial charge >= 0.3 is 0 Å². The fraction of sp³-hybridized carbons (Fsp3) is 0.308. The largest absolute Gasteiger partial charge is 0.439 e. The molecule has 2 N–H and O–H groups in total. The Labute approximate surface area is 206 Å². The maximum absolute atomic E-state index is 14.4. The van der Waals surface area contributed by atoms with Crippen molar-refractivity contribution in [3.05, 3.63) is 82.3 Å². The molecule has 0 radical (unpaired) electrons. The first kappa shape index (κ1) is 24.9. The Morgan fingerprint density at radius 3 is 2.40 bits per heavy atom. The number of carbonyl (C=O) groups is 1. The number of nitrogens with one attached hydrogen (secondary N) is 2. The fourth-order valence-corrected chi connectivity index (χ4v) is 4.39. The highest BCUT2D eigenvalue weighted by molar-refractivity contribution is 6.34. The number of benzene rings is 2. The minimum atomic E-state index is -1.42. The number of nitrogens with zero attached hydrogens (tertiary/aromatic N) is 1. The van der Waals surface area contributed by atoms with E-state index in [9.17, 15) is 18.0 Å². The van der Waals surface area contributed by atoms with Gasteiger partial charge in [0.1, 0.15) is 11.6 Å². The quantitative estimate of drug-likeness (QED) is 0.280. The fourth-order valence-electron chi connectivity index (χ4n) is 4.14. The maximum Gasteiger partial charge on any atom is 0.256 e. The second-order valence-corrected chi connectivity index (χ2v) is 9.01. The van der Waals surface area contributed by atoms with Gasteiger partial charge in [-0.3, -0.25) is 4.79 Å². The molecule has 1 aromatic heterocycles. The zero-order valence-electron chi connectivity index (χ0n) is 19.1. The van der Waals surface area contributed by atoms with Gasteiger partial charge in [-0.2, -0.15) is 0 Å². The molecule has 1 aliphatic carbocycles. The van der Waals surface area contributed by atoms with E-state index in [-0.39, 0.29) is 6.04 Å². The first-order valence-electron chi connectivity index (χ1n) is 11.4. The van der Waals surface area contributed by atoms with Crippen molar-refractivity contribution in [3.8, 4) is 11.6 Å². The Morgan fingerprint density at radius 1 is 1.03 bits per heavy atom. The van der Waals surface area contributed by atoms with E-state index in [0.717, 1.165) is 32.0 Å². The predicted octanol–water partition coefficient (Wildman–Crippen LogP) is 6.65. The van der Waals surface area contributed by atoms with E-state index in [0.29, 0.717) is 30.4 Å². The molecule has 0 bridgehead atoms. The Hall–Kier alpha value is -3.26. The van der Waals surface area contributed by atoms with Crippen molar-refractivity contribution in [1.29, 1.82) is 0 Å². The third-order valence-electron chi connectivity index (χ3n) is 6.19. The van der Waals surface area contributed by atoms with Crippen LogP contribution in [-0.4, -0.2) is 23.5 Å². The van der Waals surface area contributed by atoms with Crippen LogP contribution < -0.4 is 15.4 Å². The number of hydrogen-bond donors (Lipinski definition) is 2. The molecule has 9 heteroatoms. The zero-order valence-corrected chi connectivity index (χ0v) is 19.8. The standard InChI is InChI=1S/C26H25ClF3N3O2/c1-15-23(28)21(22(27)25(30)24(15)29)26(34)33-17-9-7-16(8-10-17)13-31-18-11-12-20(32-14-18)35-19-5-3-2-4-6-19/h2-6,11-12,14,16-17,31H,7-10,13H2,1H3,(H,33,34). The van der Waals surface area contributed by atoms with Crippen molar-refractivity contribution in [2.45, 2.75) is 38.6 Å². The molecule has 1 amide bonds. The number of halogens is 4. The van der Waals surface area contributed by atoms with E-state index in [1.54, 1.807) is 12.3 Å². The first-order valence-corrected chi connectivity index (χ1v) is 11.8. The molecule has 2 aromatic carbocycles. The molecule has 3 aromatic rings. The van der Waals surface area contributed by atoms with E-state index in [1.165, 1.54) is 0 Å². The topological polar surface area (TPSA) is 63.2 Å². The van der Waals surface area contributed by atoms with Crippen LogP contribution in [0.4, 0.5) is 18.9 Å². The van der Waals surface area contributed by atoms with E-state index in [4.69, 9.17) is 16.3 Å². The summed E-state index contributed by atoms with van der Waals surface area (Å²) in [5.41, 5.74) is -0.348. The van der Waals surface area contributed by atoms with Crippen molar-refractivity contribution in [2.24, 2.45) is 5.92 Å². The number of aromatic nitrogens is 1. The molecule has 35 heavy (non-hydrogen) atoms. The van der Waals surface area contributed by atoms with Gasteiger partial charge < -0.3 is 15.4 Å². The lowest BCUT2D eigenvalue weighted by atomic mass is 9.86. The van der Waals surface area contributed by atoms with E-state index in [2.05, 4.69) is 15.6 Å². The summed E-state index contributed by atoms with van der Waals surface area (Å²) in [5, 5.41) is 5.25. The Bertz CT molecular complexity index is 1160. The van der Waals surface area contributed by atoms with Gasteiger partial charge in [0.05, 0.1) is 22.5 Å². The van der Waals surface area contributed by atoms with Gasteiger partial charge in [0, 0.05) is 24.2 Å². The molecule has 1 aliphatic rings. The average Bonchev–Trinajstić information content (AvgIpc) is 2.87. The number of pyridine rings is 1. The Morgan fingerprint density at radius 2 is 1.74 bits per heavy atom. The van der Waals surface area contributed by atoms with Gasteiger partial charge in [-0.25, -0.2) is 18.2 Å². The van der Waals surface area contributed by atoms with Gasteiger partial charge in [-0.15, -0.1) is 0 Å². The lowest BCUT2D eigenvalue weighted by Crippen LogP contribution is -2.39. The van der Waals surface area contributed by atoms with Crippen LogP contribution in [0.3, 0.4) is 0 Å². The summed E-state index contributed by atoms with van der Waals surface area (Å²) in [5.74, 6) is -3.17. The van der Waals surface area contributed by atoms with E-state index in [1.807, 2.05) is 36.4 Å². The van der Waals surface area contributed by atoms with Crippen molar-refractivity contribution < 1.29 is 22.7 Å². The highest BCUT2D eigenvalue weighted by Gasteiger charge is 2.29. The van der Waals surface area contributed by atoms with Crippen LogP contribution in [-0.2, 0) is 0 Å². The number of carbonyl (C=O) groups excluding carboxylic acids is 1. The summed E-state index contributed by atoms with van der Waals surface area (Å²) in [4.78, 5) is 16.9. The van der Waals surface area contributed by atoms with Gasteiger partial charge in [-0.1, -0.05) is 29.8 Å². The van der Waals surface area contributed by atoms with Gasteiger partial charge in [0.25, 0.3) is 5.91 Å². The molecule has 0 aliphatic heterocycles.